The maximum atomic E-state index is 12.6. The molecule has 140 valence electrons. The first-order chi connectivity index (χ1) is 13.5. The maximum absolute atomic E-state index is 12.6. The van der Waals surface area contributed by atoms with Gasteiger partial charge in [0.2, 0.25) is 5.89 Å². The van der Waals surface area contributed by atoms with Crippen LogP contribution in [0.25, 0.3) is 11.5 Å². The highest BCUT2D eigenvalue weighted by atomic mass is 16.6. The number of hydrogen-bond donors (Lipinski definition) is 0. The first-order valence-corrected chi connectivity index (χ1v) is 8.22. The number of benzene rings is 2. The van der Waals surface area contributed by atoms with Gasteiger partial charge < -0.3 is 9.15 Å². The largest absolute Gasteiger partial charge is 0.497 e. The Morgan fingerprint density at radius 3 is 2.57 bits per heavy atom. The van der Waals surface area contributed by atoms with Crippen molar-refractivity contribution >= 4 is 17.5 Å². The molecular formula is C19H13N3O6. The summed E-state index contributed by atoms with van der Waals surface area (Å²) >= 11 is 0. The summed E-state index contributed by atoms with van der Waals surface area (Å²) in [5.74, 6) is -0.317. The van der Waals surface area contributed by atoms with Gasteiger partial charge in [0.25, 0.3) is 17.5 Å². The molecule has 2 heterocycles. The second kappa shape index (κ2) is 6.62. The van der Waals surface area contributed by atoms with Gasteiger partial charge in [-0.25, -0.2) is 4.98 Å². The predicted octanol–water partition coefficient (Wildman–Crippen LogP) is 3.05. The number of fused-ring (bicyclic) bond motifs is 1. The number of carbonyl (C=O) groups excluding carboxylic acids is 2. The number of oxazole rings is 1. The molecule has 0 atom stereocenters. The Labute approximate surface area is 158 Å². The van der Waals surface area contributed by atoms with Crippen LogP contribution in [-0.4, -0.2) is 33.7 Å². The zero-order valence-corrected chi connectivity index (χ0v) is 14.6. The van der Waals surface area contributed by atoms with E-state index >= 15 is 0 Å². The highest BCUT2D eigenvalue weighted by Crippen LogP contribution is 2.32. The molecule has 1 aliphatic rings. The summed E-state index contributed by atoms with van der Waals surface area (Å²) in [5.41, 5.74) is 0.472. The number of methoxy groups -OCH3 is 1. The number of nitro groups is 1. The van der Waals surface area contributed by atoms with Crippen molar-refractivity contribution < 1.29 is 23.7 Å². The van der Waals surface area contributed by atoms with Crippen molar-refractivity contribution in [3.05, 3.63) is 75.7 Å². The van der Waals surface area contributed by atoms with Crippen LogP contribution < -0.4 is 4.74 Å². The predicted molar refractivity (Wildman–Crippen MR) is 95.8 cm³/mol. The van der Waals surface area contributed by atoms with Gasteiger partial charge in [-0.3, -0.25) is 24.6 Å². The van der Waals surface area contributed by atoms with E-state index in [4.69, 9.17) is 9.15 Å². The molecule has 2 aromatic carbocycles. The van der Waals surface area contributed by atoms with Gasteiger partial charge in [-0.15, -0.1) is 0 Å². The minimum atomic E-state index is -0.721. The van der Waals surface area contributed by atoms with E-state index < -0.39 is 22.4 Å². The van der Waals surface area contributed by atoms with Crippen LogP contribution in [0.3, 0.4) is 0 Å². The topological polar surface area (TPSA) is 116 Å². The van der Waals surface area contributed by atoms with E-state index in [2.05, 4.69) is 4.98 Å². The van der Waals surface area contributed by atoms with E-state index in [1.54, 1.807) is 31.4 Å². The molecule has 0 radical (unpaired) electrons. The molecule has 0 aliphatic carbocycles. The molecule has 0 N–H and O–H groups in total. The van der Waals surface area contributed by atoms with E-state index in [0.717, 1.165) is 4.90 Å². The van der Waals surface area contributed by atoms with Crippen molar-refractivity contribution in [1.29, 1.82) is 0 Å². The monoisotopic (exact) mass is 379 g/mol. The van der Waals surface area contributed by atoms with E-state index in [9.17, 15) is 19.7 Å². The molecule has 1 aliphatic heterocycles. The lowest BCUT2D eigenvalue weighted by Gasteiger charge is -2.11. The Hall–Kier alpha value is -4.01. The Morgan fingerprint density at radius 2 is 1.89 bits per heavy atom. The van der Waals surface area contributed by atoms with E-state index in [1.165, 1.54) is 24.5 Å². The van der Waals surface area contributed by atoms with Crippen molar-refractivity contribution in [3.63, 3.8) is 0 Å². The quantitative estimate of drug-likeness (QED) is 0.380. The van der Waals surface area contributed by atoms with Crippen LogP contribution >= 0.6 is 0 Å². The Balaban J connectivity index is 1.59. The van der Waals surface area contributed by atoms with E-state index in [0.29, 0.717) is 22.9 Å². The number of rotatable bonds is 5. The number of amides is 2. The van der Waals surface area contributed by atoms with Crippen LogP contribution in [0.1, 0.15) is 26.4 Å². The summed E-state index contributed by atoms with van der Waals surface area (Å²) in [7, 11) is 1.56. The van der Waals surface area contributed by atoms with Gasteiger partial charge in [-0.2, -0.15) is 0 Å². The maximum Gasteiger partial charge on any atom is 0.282 e. The summed E-state index contributed by atoms with van der Waals surface area (Å²) in [4.78, 5) is 40.9. The van der Waals surface area contributed by atoms with Gasteiger partial charge in [-0.05, 0) is 30.3 Å². The van der Waals surface area contributed by atoms with Gasteiger partial charge in [0, 0.05) is 11.6 Å². The van der Waals surface area contributed by atoms with Gasteiger partial charge in [0.1, 0.15) is 17.6 Å². The molecule has 0 spiro atoms. The second-order valence-electron chi connectivity index (χ2n) is 6.03. The summed E-state index contributed by atoms with van der Waals surface area (Å²) in [6, 6.07) is 11.0. The minimum Gasteiger partial charge on any atom is -0.497 e. The highest BCUT2D eigenvalue weighted by Gasteiger charge is 2.41. The number of nitrogens with zero attached hydrogens (tertiary/aromatic N) is 3. The second-order valence-corrected chi connectivity index (χ2v) is 6.03. The van der Waals surface area contributed by atoms with Crippen molar-refractivity contribution in [2.45, 2.75) is 6.54 Å². The van der Waals surface area contributed by atoms with Gasteiger partial charge in [0.05, 0.1) is 29.8 Å². The van der Waals surface area contributed by atoms with Crippen LogP contribution in [0, 0.1) is 10.1 Å². The van der Waals surface area contributed by atoms with Gasteiger partial charge in [0.15, 0.2) is 0 Å². The zero-order valence-electron chi connectivity index (χ0n) is 14.6. The van der Waals surface area contributed by atoms with E-state index in [1.807, 2.05) is 0 Å². The third-order valence-electron chi connectivity index (χ3n) is 4.38. The molecule has 9 nitrogen and oxygen atoms in total. The molecule has 0 bridgehead atoms. The van der Waals surface area contributed by atoms with Crippen LogP contribution in [0.4, 0.5) is 5.69 Å². The lowest BCUT2D eigenvalue weighted by Crippen LogP contribution is -2.29. The van der Waals surface area contributed by atoms with Gasteiger partial charge >= 0.3 is 0 Å². The van der Waals surface area contributed by atoms with Gasteiger partial charge in [-0.1, -0.05) is 6.07 Å². The molecule has 0 unspecified atom stereocenters. The summed E-state index contributed by atoms with van der Waals surface area (Å²) in [6.07, 6.45) is 1.34. The highest BCUT2D eigenvalue weighted by molar-refractivity contribution is 6.23. The Morgan fingerprint density at radius 1 is 1.14 bits per heavy atom. The molecular weight excluding hydrogens is 366 g/mol. The molecule has 3 aromatic rings. The van der Waals surface area contributed by atoms with Crippen molar-refractivity contribution in [2.75, 3.05) is 7.11 Å². The van der Waals surface area contributed by atoms with Crippen LogP contribution in [0.2, 0.25) is 0 Å². The fraction of sp³-hybridized carbons (Fsp3) is 0.105. The number of carbonyl (C=O) groups is 2. The number of ether oxygens (including phenoxy) is 1. The molecule has 28 heavy (non-hydrogen) atoms. The Kier molecular flexibility index (Phi) is 4.11. The molecule has 1 aromatic heterocycles. The fourth-order valence-corrected chi connectivity index (χ4v) is 3.02. The first-order valence-electron chi connectivity index (χ1n) is 8.22. The lowest BCUT2D eigenvalue weighted by atomic mass is 10.1. The van der Waals surface area contributed by atoms with E-state index in [-0.39, 0.29) is 17.7 Å². The van der Waals surface area contributed by atoms with Crippen molar-refractivity contribution in [2.24, 2.45) is 0 Å². The van der Waals surface area contributed by atoms with Crippen LogP contribution in [0.5, 0.6) is 5.75 Å². The average Bonchev–Trinajstić information content (AvgIpc) is 3.27. The smallest absolute Gasteiger partial charge is 0.282 e. The summed E-state index contributed by atoms with van der Waals surface area (Å²) in [6.45, 7) is -0.150. The lowest BCUT2D eigenvalue weighted by molar-refractivity contribution is -0.385. The average molecular weight is 379 g/mol. The number of nitro benzene ring substituents is 1. The first kappa shape index (κ1) is 17.4. The molecule has 2 amide bonds. The SMILES string of the molecule is COc1ccc(-c2nc(CN3C(=O)c4cccc([N+](=O)[O-])c4C3=O)co2)cc1. The zero-order chi connectivity index (χ0) is 19.8. The molecule has 4 rings (SSSR count). The fourth-order valence-electron chi connectivity index (χ4n) is 3.02. The molecule has 0 saturated heterocycles. The number of imide groups is 1. The number of aromatic nitrogens is 1. The third-order valence-corrected chi connectivity index (χ3v) is 4.38. The van der Waals surface area contributed by atoms with Crippen molar-refractivity contribution in [3.8, 4) is 17.2 Å². The number of hydrogen-bond acceptors (Lipinski definition) is 7. The standard InChI is InChI=1S/C19H13N3O6/c1-27-13-7-5-11(6-8-13)17-20-12(10-28-17)9-21-18(23)14-3-2-4-15(22(25)26)16(14)19(21)24/h2-8,10H,9H2,1H3. The van der Waals surface area contributed by atoms with Crippen molar-refractivity contribution in [1.82, 2.24) is 9.88 Å². The summed E-state index contributed by atoms with van der Waals surface area (Å²) < 4.78 is 10.5. The minimum absolute atomic E-state index is 0.0121. The molecule has 0 fully saturated rings. The Bertz CT molecular complexity index is 1100. The van der Waals surface area contributed by atoms with Crippen LogP contribution in [-0.2, 0) is 6.54 Å². The molecule has 0 saturated carbocycles. The normalized spacial score (nSPS) is 13.0. The summed E-state index contributed by atoms with van der Waals surface area (Å²) in [5, 5.41) is 11.2. The van der Waals surface area contributed by atoms with Crippen LogP contribution in [0.15, 0.2) is 53.1 Å². The third kappa shape index (κ3) is 2.78. The molecule has 9 heteroatoms.